The summed E-state index contributed by atoms with van der Waals surface area (Å²) in [5.74, 6) is 2.20. The van der Waals surface area contributed by atoms with Gasteiger partial charge in [-0.25, -0.2) is 0 Å². The first kappa shape index (κ1) is 8.86. The quantitative estimate of drug-likeness (QED) is 0.666. The van der Waals surface area contributed by atoms with Crippen LogP contribution in [0.5, 0.6) is 0 Å². The molecule has 0 amide bonds. The van der Waals surface area contributed by atoms with Crippen LogP contribution >= 0.6 is 0 Å². The van der Waals surface area contributed by atoms with Gasteiger partial charge >= 0.3 is 0 Å². The van der Waals surface area contributed by atoms with Crippen molar-refractivity contribution >= 4 is 5.78 Å². The minimum Gasteiger partial charge on any atom is -0.356 e. The Hall–Kier alpha value is -0.410. The third-order valence-electron chi connectivity index (χ3n) is 4.33. The average Bonchev–Trinajstić information content (AvgIpc) is 2.71. The highest BCUT2D eigenvalue weighted by molar-refractivity contribution is 5.80. The van der Waals surface area contributed by atoms with Crippen molar-refractivity contribution in [1.82, 2.24) is 0 Å². The predicted molar refractivity (Wildman–Crippen MR) is 49.5 cm³/mol. The molecular weight excluding hydrogens is 180 g/mol. The first-order valence-corrected chi connectivity index (χ1v) is 5.41. The Balaban J connectivity index is 1.89. The van der Waals surface area contributed by atoms with Gasteiger partial charge in [-0.1, -0.05) is 0 Å². The van der Waals surface area contributed by atoms with Crippen LogP contribution in [0.3, 0.4) is 0 Å². The number of hydrogen-bond donors (Lipinski definition) is 0. The summed E-state index contributed by atoms with van der Waals surface area (Å²) in [4.78, 5) is 11.5. The Morgan fingerprint density at radius 1 is 1.36 bits per heavy atom. The van der Waals surface area contributed by atoms with Crippen molar-refractivity contribution in [2.24, 2.45) is 23.7 Å². The Morgan fingerprint density at radius 2 is 2.07 bits per heavy atom. The first-order valence-electron chi connectivity index (χ1n) is 5.41. The van der Waals surface area contributed by atoms with Crippen LogP contribution in [-0.4, -0.2) is 25.3 Å². The Morgan fingerprint density at radius 3 is 2.71 bits per heavy atom. The molecule has 14 heavy (non-hydrogen) atoms. The van der Waals surface area contributed by atoms with Gasteiger partial charge in [0.1, 0.15) is 5.78 Å². The zero-order chi connectivity index (χ0) is 9.87. The van der Waals surface area contributed by atoms with Crippen LogP contribution in [0.15, 0.2) is 0 Å². The normalized spacial score (nSPS) is 54.1. The molecule has 78 valence electrons. The Labute approximate surface area is 83.8 Å². The Kier molecular flexibility index (Phi) is 1.77. The van der Waals surface area contributed by atoms with E-state index in [1.807, 2.05) is 0 Å². The van der Waals surface area contributed by atoms with Crippen molar-refractivity contribution in [2.45, 2.75) is 32.2 Å². The maximum atomic E-state index is 11.5. The van der Waals surface area contributed by atoms with E-state index in [9.17, 15) is 4.79 Å². The fourth-order valence-electron chi connectivity index (χ4n) is 3.90. The van der Waals surface area contributed by atoms with Gasteiger partial charge in [-0.2, -0.15) is 0 Å². The molecule has 3 heteroatoms. The standard InChI is InChI=1S/C11H16O3/c1-5(12)9-6-3-7-8(4-6)11(13-2)14-10(7)9/h6-11H,3-4H2,1-2H3. The summed E-state index contributed by atoms with van der Waals surface area (Å²) in [5, 5.41) is 0. The summed E-state index contributed by atoms with van der Waals surface area (Å²) in [7, 11) is 1.70. The molecule has 2 bridgehead atoms. The first-order chi connectivity index (χ1) is 6.72. The molecule has 1 heterocycles. The van der Waals surface area contributed by atoms with Crippen molar-refractivity contribution in [3.05, 3.63) is 0 Å². The molecule has 3 nitrogen and oxygen atoms in total. The van der Waals surface area contributed by atoms with E-state index in [1.165, 1.54) is 6.42 Å². The van der Waals surface area contributed by atoms with Crippen molar-refractivity contribution in [1.29, 1.82) is 0 Å². The van der Waals surface area contributed by atoms with Gasteiger partial charge in [0.05, 0.1) is 6.10 Å². The van der Waals surface area contributed by atoms with Crippen LogP contribution in [0, 0.1) is 23.7 Å². The van der Waals surface area contributed by atoms with Gasteiger partial charge < -0.3 is 9.47 Å². The van der Waals surface area contributed by atoms with Crippen molar-refractivity contribution < 1.29 is 14.3 Å². The second-order valence-corrected chi connectivity index (χ2v) is 4.90. The number of methoxy groups -OCH3 is 1. The molecule has 3 fully saturated rings. The number of ketones is 1. The van der Waals surface area contributed by atoms with E-state index in [0.717, 1.165) is 6.42 Å². The average molecular weight is 196 g/mol. The smallest absolute Gasteiger partial charge is 0.160 e. The van der Waals surface area contributed by atoms with Crippen LogP contribution < -0.4 is 0 Å². The van der Waals surface area contributed by atoms with Gasteiger partial charge in [0, 0.05) is 18.9 Å². The number of ether oxygens (including phenoxy) is 2. The molecule has 0 aromatic rings. The largest absolute Gasteiger partial charge is 0.356 e. The van der Waals surface area contributed by atoms with Crippen molar-refractivity contribution in [3.8, 4) is 0 Å². The van der Waals surface area contributed by atoms with E-state index in [0.29, 0.717) is 23.5 Å². The van der Waals surface area contributed by atoms with Crippen LogP contribution in [0.4, 0.5) is 0 Å². The lowest BCUT2D eigenvalue weighted by molar-refractivity contribution is -0.142. The maximum Gasteiger partial charge on any atom is 0.160 e. The van der Waals surface area contributed by atoms with E-state index in [-0.39, 0.29) is 18.3 Å². The second-order valence-electron chi connectivity index (χ2n) is 4.90. The van der Waals surface area contributed by atoms with E-state index in [1.54, 1.807) is 14.0 Å². The molecule has 3 aliphatic rings. The molecule has 0 N–H and O–H groups in total. The maximum absolute atomic E-state index is 11.5. The SMILES string of the molecule is COC1OC2C3CC(CC13)C2C(C)=O. The minimum atomic E-state index is -0.0423. The van der Waals surface area contributed by atoms with E-state index >= 15 is 0 Å². The van der Waals surface area contributed by atoms with Gasteiger partial charge in [0.15, 0.2) is 6.29 Å². The molecule has 1 aliphatic heterocycles. The monoisotopic (exact) mass is 196 g/mol. The van der Waals surface area contributed by atoms with Gasteiger partial charge in [-0.05, 0) is 31.6 Å². The highest BCUT2D eigenvalue weighted by Gasteiger charge is 2.62. The molecule has 0 radical (unpaired) electrons. The lowest BCUT2D eigenvalue weighted by Crippen LogP contribution is -2.31. The van der Waals surface area contributed by atoms with Crippen LogP contribution in [0.25, 0.3) is 0 Å². The third-order valence-corrected chi connectivity index (χ3v) is 4.33. The van der Waals surface area contributed by atoms with Gasteiger partial charge in [-0.3, -0.25) is 4.79 Å². The molecule has 0 spiro atoms. The zero-order valence-electron chi connectivity index (χ0n) is 8.60. The number of carbonyl (C=O) groups is 1. The second kappa shape index (κ2) is 2.80. The molecule has 2 aliphatic carbocycles. The minimum absolute atomic E-state index is 0.0423. The number of hydrogen-bond acceptors (Lipinski definition) is 3. The highest BCUT2D eigenvalue weighted by atomic mass is 16.7. The Bertz CT molecular complexity index is 276. The summed E-state index contributed by atoms with van der Waals surface area (Å²) in [6, 6.07) is 0. The van der Waals surface area contributed by atoms with Crippen LogP contribution in [0.1, 0.15) is 19.8 Å². The fourth-order valence-corrected chi connectivity index (χ4v) is 3.90. The zero-order valence-corrected chi connectivity index (χ0v) is 8.60. The number of Topliss-reactive ketones (excluding diaryl/α,β-unsaturated/α-hetero) is 1. The molecular formula is C11H16O3. The number of rotatable bonds is 2. The molecule has 3 rings (SSSR count). The summed E-state index contributed by atoms with van der Waals surface area (Å²) in [6.45, 7) is 1.70. The molecule has 0 aromatic heterocycles. The van der Waals surface area contributed by atoms with Gasteiger partial charge in [0.2, 0.25) is 0 Å². The van der Waals surface area contributed by atoms with Crippen molar-refractivity contribution in [2.75, 3.05) is 7.11 Å². The van der Waals surface area contributed by atoms with E-state index < -0.39 is 0 Å². The van der Waals surface area contributed by atoms with Gasteiger partial charge in [0.25, 0.3) is 0 Å². The molecule has 2 saturated carbocycles. The third kappa shape index (κ3) is 0.920. The molecule has 1 saturated heterocycles. The van der Waals surface area contributed by atoms with Crippen molar-refractivity contribution in [3.63, 3.8) is 0 Å². The molecule has 6 unspecified atom stereocenters. The fraction of sp³-hybridized carbons (Fsp3) is 0.909. The van der Waals surface area contributed by atoms with Crippen LogP contribution in [0.2, 0.25) is 0 Å². The summed E-state index contributed by atoms with van der Waals surface area (Å²) in [6.07, 6.45) is 2.43. The highest BCUT2D eigenvalue weighted by Crippen LogP contribution is 2.59. The topological polar surface area (TPSA) is 35.5 Å². The van der Waals surface area contributed by atoms with Crippen LogP contribution in [-0.2, 0) is 14.3 Å². The lowest BCUT2D eigenvalue weighted by atomic mass is 9.80. The molecule has 0 aromatic carbocycles. The van der Waals surface area contributed by atoms with E-state index in [2.05, 4.69) is 0 Å². The van der Waals surface area contributed by atoms with Gasteiger partial charge in [-0.15, -0.1) is 0 Å². The molecule has 6 atom stereocenters. The lowest BCUT2D eigenvalue weighted by Gasteiger charge is -2.23. The summed E-state index contributed by atoms with van der Waals surface area (Å²) < 4.78 is 11.1. The predicted octanol–water partition coefficient (Wildman–Crippen LogP) is 1.22. The number of carbonyl (C=O) groups excluding carboxylic acids is 1. The summed E-state index contributed by atoms with van der Waals surface area (Å²) >= 11 is 0. The van der Waals surface area contributed by atoms with E-state index in [4.69, 9.17) is 9.47 Å². The summed E-state index contributed by atoms with van der Waals surface area (Å²) in [5.41, 5.74) is 0. The number of fused-ring (bicyclic) bond motifs is 1.